The molecular formula is H2Cl2NOPS. The van der Waals surface area contributed by atoms with Gasteiger partial charge in [-0.2, -0.15) is 0 Å². The molecule has 0 spiro atoms. The smallest absolute Gasteiger partial charge is 0.242 e. The molecule has 0 aromatic heterocycles. The van der Waals surface area contributed by atoms with E-state index >= 15 is 0 Å². The van der Waals surface area contributed by atoms with E-state index in [9.17, 15) is 0 Å². The minimum Gasteiger partial charge on any atom is -0.242 e. The maximum Gasteiger partial charge on any atom is 0.257 e. The van der Waals surface area contributed by atoms with Crippen LogP contribution in [0.15, 0.2) is 0 Å². The molecule has 0 rings (SSSR count). The lowest BCUT2D eigenvalue weighted by molar-refractivity contribution is 0.388. The third kappa shape index (κ3) is 5.15. The molecule has 2 N–H and O–H groups in total. The third-order valence-corrected chi connectivity index (χ3v) is 1.10. The molecule has 6 heteroatoms. The second-order valence-electron chi connectivity index (χ2n) is 0.520. The Balaban J connectivity index is 3.48. The highest BCUT2D eigenvalue weighted by atomic mass is 35.9. The Morgan fingerprint density at radius 3 is 1.83 bits per heavy atom. The van der Waals surface area contributed by atoms with E-state index in [0.717, 1.165) is 0 Å². The van der Waals surface area contributed by atoms with Crippen LogP contribution >= 0.6 is 27.5 Å². The maximum absolute atomic E-state index is 5.06. The van der Waals surface area contributed by atoms with E-state index in [4.69, 9.17) is 22.5 Å². The quantitative estimate of drug-likeness (QED) is 0.474. The summed E-state index contributed by atoms with van der Waals surface area (Å²) >= 11 is 14.4. The van der Waals surface area contributed by atoms with Crippen molar-refractivity contribution in [2.45, 2.75) is 0 Å². The molecule has 0 aliphatic rings. The van der Waals surface area contributed by atoms with Crippen molar-refractivity contribution in [2.75, 3.05) is 0 Å². The zero-order valence-electron chi connectivity index (χ0n) is 2.60. The van der Waals surface area contributed by atoms with Gasteiger partial charge in [0.25, 0.3) is 4.97 Å². The van der Waals surface area contributed by atoms with Crippen molar-refractivity contribution in [3.05, 3.63) is 0 Å². The first-order valence-electron chi connectivity index (χ1n) is 0.939. The lowest BCUT2D eigenvalue weighted by Crippen LogP contribution is -1.86. The Labute approximate surface area is 50.2 Å². The third-order valence-electron chi connectivity index (χ3n) is 0.123. The lowest BCUT2D eigenvalue weighted by atomic mass is 13.6. The molecule has 0 aliphatic heterocycles. The van der Waals surface area contributed by atoms with Crippen LogP contribution in [-0.4, -0.2) is 0 Å². The van der Waals surface area contributed by atoms with E-state index < -0.39 is 4.97 Å². The van der Waals surface area contributed by atoms with E-state index in [0.29, 0.717) is 0 Å². The number of hydrogen-bond donors (Lipinski definition) is 1. The summed E-state index contributed by atoms with van der Waals surface area (Å²) in [7, 11) is 0. The minimum absolute atomic E-state index is 2.59. The zero-order valence-corrected chi connectivity index (χ0v) is 5.82. The summed E-state index contributed by atoms with van der Waals surface area (Å²) in [4.78, 5) is -2.59. The predicted octanol–water partition coefficient (Wildman–Crippen LogP) is 1.58. The SMILES string of the molecule is NOP(=S)(Cl)Cl. The Hall–Kier alpha value is 1.15. The van der Waals surface area contributed by atoms with Crippen molar-refractivity contribution in [3.63, 3.8) is 0 Å². The van der Waals surface area contributed by atoms with Gasteiger partial charge in [-0.15, -0.1) is 0 Å². The Morgan fingerprint density at radius 1 is 1.67 bits per heavy atom. The van der Waals surface area contributed by atoms with E-state index in [2.05, 4.69) is 22.3 Å². The molecule has 0 heterocycles. The highest BCUT2D eigenvalue weighted by Crippen LogP contribution is 2.56. The van der Waals surface area contributed by atoms with E-state index in [1.54, 1.807) is 0 Å². The summed E-state index contributed by atoms with van der Waals surface area (Å²) in [5.41, 5.74) is 0. The van der Waals surface area contributed by atoms with Crippen molar-refractivity contribution in [3.8, 4) is 0 Å². The average Bonchev–Trinajstić information content (AvgIpc) is 1.35. The summed E-state index contributed by atoms with van der Waals surface area (Å²) in [6.07, 6.45) is 0. The number of halogens is 2. The van der Waals surface area contributed by atoms with Crippen LogP contribution in [0.25, 0.3) is 0 Å². The van der Waals surface area contributed by atoms with Crippen LogP contribution in [0, 0.1) is 0 Å². The van der Waals surface area contributed by atoms with Crippen LogP contribution in [0.4, 0.5) is 0 Å². The van der Waals surface area contributed by atoms with E-state index in [1.807, 2.05) is 0 Å². The second-order valence-corrected chi connectivity index (χ2v) is 7.68. The minimum atomic E-state index is -2.59. The molecule has 0 atom stereocenters. The maximum atomic E-state index is 5.06. The second kappa shape index (κ2) is 2.46. The van der Waals surface area contributed by atoms with Crippen LogP contribution in [0.2, 0.25) is 0 Å². The fourth-order valence-corrected chi connectivity index (χ4v) is 0. The largest absolute Gasteiger partial charge is 0.257 e. The summed E-state index contributed by atoms with van der Waals surface area (Å²) in [5.74, 6) is 4.49. The van der Waals surface area contributed by atoms with Crippen LogP contribution in [0.3, 0.4) is 0 Å². The first-order chi connectivity index (χ1) is 2.56. The number of nitrogens with two attached hydrogens (primary N) is 1. The van der Waals surface area contributed by atoms with Gasteiger partial charge in [0.1, 0.15) is 0 Å². The molecule has 0 aliphatic carbocycles. The normalized spacial score (nSPS) is 11.8. The van der Waals surface area contributed by atoms with Crippen LogP contribution in [-0.2, 0) is 16.4 Å². The van der Waals surface area contributed by atoms with Gasteiger partial charge in [-0.3, -0.25) is 0 Å². The summed E-state index contributed by atoms with van der Waals surface area (Å²) in [6.45, 7) is 0. The monoisotopic (exact) mass is 165 g/mol. The Kier molecular flexibility index (Phi) is 2.93. The van der Waals surface area contributed by atoms with Gasteiger partial charge >= 0.3 is 0 Å². The van der Waals surface area contributed by atoms with Crippen molar-refractivity contribution < 1.29 is 4.62 Å². The van der Waals surface area contributed by atoms with Gasteiger partial charge in [-0.25, -0.2) is 10.5 Å². The molecule has 38 valence electrons. The summed E-state index contributed by atoms with van der Waals surface area (Å²) < 4.78 is 3.89. The molecule has 6 heavy (non-hydrogen) atoms. The first-order valence-corrected chi connectivity index (χ1v) is 5.47. The molecule has 0 saturated heterocycles. The average molecular weight is 166 g/mol. The Bertz CT molecular complexity index is 77.6. The van der Waals surface area contributed by atoms with Crippen LogP contribution < -0.4 is 5.90 Å². The fraction of sp³-hybridized carbons (Fsp3) is 0. The predicted molar refractivity (Wildman–Crippen MR) is 31.3 cm³/mol. The van der Waals surface area contributed by atoms with Crippen LogP contribution in [0.1, 0.15) is 0 Å². The topological polar surface area (TPSA) is 35.2 Å². The molecule has 0 fully saturated rings. The Morgan fingerprint density at radius 2 is 1.83 bits per heavy atom. The molecule has 0 unspecified atom stereocenters. The summed E-state index contributed by atoms with van der Waals surface area (Å²) in [5, 5.41) is 0. The highest BCUT2D eigenvalue weighted by molar-refractivity contribution is 8.36. The van der Waals surface area contributed by atoms with Crippen molar-refractivity contribution in [2.24, 2.45) is 5.90 Å². The van der Waals surface area contributed by atoms with Gasteiger partial charge in [0.2, 0.25) is 0 Å². The van der Waals surface area contributed by atoms with E-state index in [1.165, 1.54) is 0 Å². The standard InChI is InChI=1S/Cl2H2NOPS/c1-5(2,6)4-3/h3H2. The van der Waals surface area contributed by atoms with Crippen molar-refractivity contribution in [1.82, 2.24) is 0 Å². The van der Waals surface area contributed by atoms with Crippen LogP contribution in [0.5, 0.6) is 0 Å². The van der Waals surface area contributed by atoms with Gasteiger partial charge in [0.15, 0.2) is 0 Å². The lowest BCUT2D eigenvalue weighted by Gasteiger charge is -1.94. The molecule has 0 bridgehead atoms. The molecule has 0 aromatic carbocycles. The van der Waals surface area contributed by atoms with Gasteiger partial charge < -0.3 is 0 Å². The molecule has 0 aromatic rings. The van der Waals surface area contributed by atoms with E-state index in [-0.39, 0.29) is 0 Å². The van der Waals surface area contributed by atoms with Gasteiger partial charge in [0.05, 0.1) is 0 Å². The molecule has 0 amide bonds. The summed E-state index contributed by atoms with van der Waals surface area (Å²) in [6, 6.07) is 0. The molecule has 0 radical (unpaired) electrons. The fourth-order valence-electron chi connectivity index (χ4n) is 0. The molecular weight excluding hydrogens is 164 g/mol. The number of rotatable bonds is 1. The number of hydrogen-bond acceptors (Lipinski definition) is 3. The van der Waals surface area contributed by atoms with Gasteiger partial charge in [0, 0.05) is 0 Å². The van der Waals surface area contributed by atoms with Gasteiger partial charge in [-0.05, 0) is 34.3 Å². The van der Waals surface area contributed by atoms with Gasteiger partial charge in [-0.1, -0.05) is 0 Å². The first kappa shape index (κ1) is 7.15. The van der Waals surface area contributed by atoms with Crippen molar-refractivity contribution >= 4 is 39.3 Å². The highest BCUT2D eigenvalue weighted by Gasteiger charge is 2.02. The molecule has 2 nitrogen and oxygen atoms in total. The van der Waals surface area contributed by atoms with Crippen molar-refractivity contribution in [1.29, 1.82) is 0 Å². The molecule has 0 saturated carbocycles. The zero-order chi connectivity index (χ0) is 5.21.